The molecule has 0 saturated carbocycles. The van der Waals surface area contributed by atoms with Gasteiger partial charge in [0.1, 0.15) is 6.54 Å². The highest BCUT2D eigenvalue weighted by Crippen LogP contribution is 2.21. The third-order valence-electron chi connectivity index (χ3n) is 5.63. The number of aromatic nitrogens is 1. The van der Waals surface area contributed by atoms with E-state index in [9.17, 15) is 13.2 Å². The molecular weight excluding hydrogens is 448 g/mol. The van der Waals surface area contributed by atoms with Crippen molar-refractivity contribution in [3.63, 3.8) is 0 Å². The monoisotopic (exact) mass is 474 g/mol. The minimum absolute atomic E-state index is 0.108. The van der Waals surface area contributed by atoms with Crippen LogP contribution in [0.4, 0.5) is 5.69 Å². The van der Waals surface area contributed by atoms with E-state index in [1.807, 2.05) is 67.8 Å². The van der Waals surface area contributed by atoms with Crippen LogP contribution in [-0.4, -0.2) is 25.1 Å². The van der Waals surface area contributed by atoms with Gasteiger partial charge >= 0.3 is 0 Å². The molecule has 1 aromatic heterocycles. The molecule has 4 aromatic rings. The summed E-state index contributed by atoms with van der Waals surface area (Å²) < 4.78 is 26.8. The van der Waals surface area contributed by atoms with Gasteiger partial charge in [0.05, 0.1) is 11.1 Å². The minimum atomic E-state index is -3.77. The maximum Gasteiger partial charge on any atom is 0.276 e. The molecule has 0 spiro atoms. The first-order valence-electron chi connectivity index (χ1n) is 10.8. The van der Waals surface area contributed by atoms with E-state index in [4.69, 9.17) is 0 Å². The minimum Gasteiger partial charge on any atom is -0.337 e. The average Bonchev–Trinajstić information content (AvgIpc) is 3.14. The molecular formula is C26H26N4O3S. The number of hydrogen-bond donors (Lipinski definition) is 2. The summed E-state index contributed by atoms with van der Waals surface area (Å²) in [6.45, 7) is 6.02. The molecule has 0 atom stereocenters. The topological polar surface area (TPSA) is 92.6 Å². The van der Waals surface area contributed by atoms with Crippen LogP contribution in [0.5, 0.6) is 0 Å². The van der Waals surface area contributed by atoms with Gasteiger partial charge in [-0.05, 0) is 62.2 Å². The zero-order valence-electron chi connectivity index (χ0n) is 19.2. The van der Waals surface area contributed by atoms with Crippen molar-refractivity contribution in [2.75, 3.05) is 5.32 Å². The van der Waals surface area contributed by atoms with Crippen molar-refractivity contribution in [3.8, 4) is 0 Å². The molecule has 3 aromatic carbocycles. The van der Waals surface area contributed by atoms with Gasteiger partial charge in [-0.1, -0.05) is 42.0 Å². The number of nitrogens with zero attached hydrogens (tertiary/aromatic N) is 2. The quantitative estimate of drug-likeness (QED) is 0.305. The Bertz CT molecular complexity index is 1490. The fourth-order valence-electron chi connectivity index (χ4n) is 3.62. The zero-order chi connectivity index (χ0) is 24.3. The number of amides is 1. The van der Waals surface area contributed by atoms with Crippen LogP contribution >= 0.6 is 0 Å². The summed E-state index contributed by atoms with van der Waals surface area (Å²) in [5.41, 5.74) is 5.53. The summed E-state index contributed by atoms with van der Waals surface area (Å²) in [6, 6.07) is 19.9. The normalized spacial score (nSPS) is 11.7. The Morgan fingerprint density at radius 3 is 2.44 bits per heavy atom. The Hall–Kier alpha value is -3.91. The van der Waals surface area contributed by atoms with Gasteiger partial charge in [0.15, 0.2) is 0 Å². The van der Waals surface area contributed by atoms with Crippen molar-refractivity contribution in [2.45, 2.75) is 32.2 Å². The number of carbonyl (C=O) groups excluding carboxylic acids is 1. The van der Waals surface area contributed by atoms with Crippen molar-refractivity contribution < 1.29 is 13.2 Å². The third kappa shape index (κ3) is 5.18. The maximum absolute atomic E-state index is 12.7. The standard InChI is InChI=1S/C26H26N4O3S/c1-18-8-12-23(13-9-18)34(32,33)29-27-15-21-16-30(25-7-5-4-6-24(21)25)17-26(31)28-22-11-10-19(2)20(3)14-22/h4-16,29H,17H2,1-3H3,(H,28,31)/b27-15+. The van der Waals surface area contributed by atoms with Gasteiger partial charge in [0.2, 0.25) is 5.91 Å². The van der Waals surface area contributed by atoms with Crippen LogP contribution in [0, 0.1) is 20.8 Å². The summed E-state index contributed by atoms with van der Waals surface area (Å²) >= 11 is 0. The zero-order valence-corrected chi connectivity index (χ0v) is 20.1. The second-order valence-electron chi connectivity index (χ2n) is 8.24. The molecule has 0 fully saturated rings. The number of fused-ring (bicyclic) bond motifs is 1. The van der Waals surface area contributed by atoms with Gasteiger partial charge in [-0.15, -0.1) is 0 Å². The van der Waals surface area contributed by atoms with E-state index in [0.29, 0.717) is 5.56 Å². The number of nitrogens with one attached hydrogen (secondary N) is 2. The van der Waals surface area contributed by atoms with Crippen molar-refractivity contribution in [3.05, 3.63) is 95.2 Å². The smallest absolute Gasteiger partial charge is 0.276 e. The molecule has 0 unspecified atom stereocenters. The van der Waals surface area contributed by atoms with E-state index in [-0.39, 0.29) is 17.3 Å². The van der Waals surface area contributed by atoms with Gasteiger partial charge in [-0.25, -0.2) is 4.83 Å². The van der Waals surface area contributed by atoms with E-state index in [0.717, 1.165) is 33.3 Å². The predicted octanol–water partition coefficient (Wildman–Crippen LogP) is 4.52. The van der Waals surface area contributed by atoms with Gasteiger partial charge in [0, 0.05) is 28.4 Å². The molecule has 0 radical (unpaired) electrons. The van der Waals surface area contributed by atoms with Crippen molar-refractivity contribution in [2.24, 2.45) is 5.10 Å². The summed E-state index contributed by atoms with van der Waals surface area (Å²) in [4.78, 5) is 15.1. The Kier molecular flexibility index (Phi) is 6.51. The van der Waals surface area contributed by atoms with Crippen LogP contribution in [0.25, 0.3) is 10.9 Å². The second-order valence-corrected chi connectivity index (χ2v) is 9.90. The Morgan fingerprint density at radius 1 is 0.971 bits per heavy atom. The number of aryl methyl sites for hydroxylation is 3. The number of sulfonamides is 1. The first-order chi connectivity index (χ1) is 16.2. The highest BCUT2D eigenvalue weighted by Gasteiger charge is 2.13. The van der Waals surface area contributed by atoms with Crippen LogP contribution in [-0.2, 0) is 21.4 Å². The fraction of sp³-hybridized carbons (Fsp3) is 0.154. The van der Waals surface area contributed by atoms with E-state index >= 15 is 0 Å². The molecule has 174 valence electrons. The van der Waals surface area contributed by atoms with E-state index in [1.165, 1.54) is 18.3 Å². The van der Waals surface area contributed by atoms with Gasteiger partial charge < -0.3 is 9.88 Å². The van der Waals surface area contributed by atoms with Crippen molar-refractivity contribution in [1.29, 1.82) is 0 Å². The Balaban J connectivity index is 1.52. The average molecular weight is 475 g/mol. The molecule has 2 N–H and O–H groups in total. The lowest BCUT2D eigenvalue weighted by Crippen LogP contribution is -2.18. The molecule has 0 aliphatic rings. The lowest BCUT2D eigenvalue weighted by Gasteiger charge is -2.09. The molecule has 34 heavy (non-hydrogen) atoms. The van der Waals surface area contributed by atoms with Crippen LogP contribution in [0.1, 0.15) is 22.3 Å². The largest absolute Gasteiger partial charge is 0.337 e. The lowest BCUT2D eigenvalue weighted by atomic mass is 10.1. The van der Waals surface area contributed by atoms with Crippen molar-refractivity contribution in [1.82, 2.24) is 9.40 Å². The van der Waals surface area contributed by atoms with Crippen LogP contribution in [0.2, 0.25) is 0 Å². The summed E-state index contributed by atoms with van der Waals surface area (Å²) in [6.07, 6.45) is 3.24. The van der Waals surface area contributed by atoms with Crippen LogP contribution in [0.3, 0.4) is 0 Å². The highest BCUT2D eigenvalue weighted by molar-refractivity contribution is 7.89. The summed E-state index contributed by atoms with van der Waals surface area (Å²) in [5, 5.41) is 7.76. The fourth-order valence-corrected chi connectivity index (χ4v) is 4.41. The van der Waals surface area contributed by atoms with Gasteiger partial charge in [0.25, 0.3) is 10.0 Å². The Labute approximate surface area is 199 Å². The Morgan fingerprint density at radius 2 is 1.71 bits per heavy atom. The summed E-state index contributed by atoms with van der Waals surface area (Å²) in [7, 11) is -3.77. The maximum atomic E-state index is 12.7. The number of hydrogen-bond acceptors (Lipinski definition) is 4. The van der Waals surface area contributed by atoms with E-state index in [2.05, 4.69) is 15.2 Å². The van der Waals surface area contributed by atoms with Crippen LogP contribution in [0.15, 0.2) is 82.9 Å². The molecule has 0 aliphatic carbocycles. The lowest BCUT2D eigenvalue weighted by molar-refractivity contribution is -0.116. The number of para-hydroxylation sites is 1. The SMILES string of the molecule is Cc1ccc(S(=O)(=O)N/N=C/c2cn(CC(=O)Nc3ccc(C)c(C)c3)c3ccccc23)cc1. The van der Waals surface area contributed by atoms with E-state index < -0.39 is 10.0 Å². The van der Waals surface area contributed by atoms with Crippen LogP contribution < -0.4 is 10.1 Å². The molecule has 1 heterocycles. The second kappa shape index (κ2) is 9.52. The van der Waals surface area contributed by atoms with E-state index in [1.54, 1.807) is 18.3 Å². The third-order valence-corrected chi connectivity index (χ3v) is 6.87. The van der Waals surface area contributed by atoms with Gasteiger partial charge in [-0.2, -0.15) is 13.5 Å². The summed E-state index contributed by atoms with van der Waals surface area (Å²) in [5.74, 6) is -0.160. The molecule has 7 nitrogen and oxygen atoms in total. The first-order valence-corrected chi connectivity index (χ1v) is 12.3. The number of rotatable bonds is 7. The molecule has 1 amide bonds. The predicted molar refractivity (Wildman–Crippen MR) is 136 cm³/mol. The molecule has 4 rings (SSSR count). The van der Waals surface area contributed by atoms with Gasteiger partial charge in [-0.3, -0.25) is 4.79 Å². The molecule has 0 bridgehead atoms. The number of anilines is 1. The molecule has 0 aliphatic heterocycles. The first kappa shape index (κ1) is 23.3. The number of benzene rings is 3. The number of hydrazone groups is 1. The molecule has 0 saturated heterocycles. The highest BCUT2D eigenvalue weighted by atomic mass is 32.2. The molecule has 8 heteroatoms. The number of carbonyl (C=O) groups is 1. The van der Waals surface area contributed by atoms with Crippen molar-refractivity contribution >= 4 is 38.7 Å².